The molecule has 2 aromatic rings. The van der Waals surface area contributed by atoms with Crippen molar-refractivity contribution < 1.29 is 13.0 Å². The van der Waals surface area contributed by atoms with Crippen LogP contribution in [0.5, 0.6) is 0 Å². The molecule has 0 amide bonds. The van der Waals surface area contributed by atoms with Crippen molar-refractivity contribution in [3.8, 4) is 0 Å². The van der Waals surface area contributed by atoms with Crippen LogP contribution < -0.4 is 4.72 Å². The zero-order chi connectivity index (χ0) is 19.5. The summed E-state index contributed by atoms with van der Waals surface area (Å²) in [5.41, 5.74) is 0.782. The average Bonchev–Trinajstić information content (AvgIpc) is 2.52. The maximum Gasteiger partial charge on any atom is 0.153 e. The van der Waals surface area contributed by atoms with Gasteiger partial charge in [-0.1, -0.05) is 11.6 Å². The Bertz CT molecular complexity index is 795. The van der Waals surface area contributed by atoms with E-state index in [1.807, 2.05) is 27.0 Å². The molecule has 0 bridgehead atoms. The average molecular weight is 420 g/mol. The van der Waals surface area contributed by atoms with Gasteiger partial charge < -0.3 is 0 Å². The Labute approximate surface area is 163 Å². The van der Waals surface area contributed by atoms with Crippen molar-refractivity contribution in [1.82, 2.24) is 14.7 Å². The monoisotopic (exact) mass is 419 g/mol. The Morgan fingerprint density at radius 3 is 2.38 bits per heavy atom. The van der Waals surface area contributed by atoms with Crippen LogP contribution in [0.2, 0.25) is 5.15 Å². The van der Waals surface area contributed by atoms with Crippen LogP contribution in [0.4, 0.5) is 8.78 Å². The highest BCUT2D eigenvalue weighted by atomic mass is 35.5. The van der Waals surface area contributed by atoms with Gasteiger partial charge in [0.1, 0.15) is 16.7 Å². The van der Waals surface area contributed by atoms with E-state index in [1.54, 1.807) is 6.20 Å². The molecule has 0 saturated heterocycles. The zero-order valence-corrected chi connectivity index (χ0v) is 17.2. The number of nitrogens with one attached hydrogen (secondary N) is 1. The van der Waals surface area contributed by atoms with Crippen molar-refractivity contribution in [2.24, 2.45) is 0 Å². The topological polar surface area (TPSA) is 54.9 Å². The fourth-order valence-corrected chi connectivity index (χ4v) is 3.63. The molecule has 2 atom stereocenters. The lowest BCUT2D eigenvalue weighted by atomic mass is 10.0. The maximum absolute atomic E-state index is 13.5. The summed E-state index contributed by atoms with van der Waals surface area (Å²) in [6.07, 6.45) is 3.57. The summed E-state index contributed by atoms with van der Waals surface area (Å²) in [6.45, 7) is 5.46. The van der Waals surface area contributed by atoms with E-state index in [0.717, 1.165) is 6.07 Å². The Balaban J connectivity index is 2.40. The quantitative estimate of drug-likeness (QED) is 0.702. The van der Waals surface area contributed by atoms with Crippen molar-refractivity contribution in [2.75, 3.05) is 6.26 Å². The van der Waals surface area contributed by atoms with E-state index >= 15 is 0 Å². The number of nitrogens with zero attached hydrogens (tertiary/aromatic N) is 2. The third kappa shape index (κ3) is 5.70. The smallest absolute Gasteiger partial charge is 0.153 e. The number of hydrogen-bond donors (Lipinski definition) is 1. The van der Waals surface area contributed by atoms with E-state index < -0.39 is 33.4 Å². The van der Waals surface area contributed by atoms with Crippen LogP contribution in [0, 0.1) is 11.6 Å². The number of hydrogen-bond acceptors (Lipinski definition) is 4. The molecule has 4 nitrogen and oxygen atoms in total. The highest BCUT2D eigenvalue weighted by Crippen LogP contribution is 2.27. The van der Waals surface area contributed by atoms with Crippen LogP contribution in [0.25, 0.3) is 0 Å². The standard InChI is InChI=1S/C17H20ClF2N3OS2/c1-17(2,3)26(24)23-13(7-10-5-11(19)8-12(20)6-10)15-16(18)22-14(25-4)9-21-15/h5-6,8-9,13,23H,7H2,1-4H3/t13-,26?/m0/s1. The molecule has 0 aliphatic rings. The lowest BCUT2D eigenvalue weighted by Crippen LogP contribution is -2.37. The second kappa shape index (κ2) is 8.73. The van der Waals surface area contributed by atoms with Gasteiger partial charge in [-0.15, -0.1) is 11.8 Å². The van der Waals surface area contributed by atoms with Crippen LogP contribution in [0.1, 0.15) is 38.1 Å². The molecule has 0 aliphatic heterocycles. The highest BCUT2D eigenvalue weighted by Gasteiger charge is 2.26. The van der Waals surface area contributed by atoms with E-state index in [2.05, 4.69) is 14.7 Å². The summed E-state index contributed by atoms with van der Waals surface area (Å²) in [6, 6.07) is 2.65. The third-order valence-corrected chi connectivity index (χ3v) is 5.94. The van der Waals surface area contributed by atoms with Crippen molar-refractivity contribution in [1.29, 1.82) is 0 Å². The van der Waals surface area contributed by atoms with E-state index in [0.29, 0.717) is 16.3 Å². The number of rotatable bonds is 6. The molecule has 0 fully saturated rings. The van der Waals surface area contributed by atoms with Crippen LogP contribution in [0.3, 0.4) is 0 Å². The van der Waals surface area contributed by atoms with Crippen LogP contribution in [0.15, 0.2) is 29.4 Å². The second-order valence-corrected chi connectivity index (χ2v) is 9.80. The van der Waals surface area contributed by atoms with Crippen LogP contribution in [-0.4, -0.2) is 25.2 Å². The van der Waals surface area contributed by atoms with Gasteiger partial charge >= 0.3 is 0 Å². The molecule has 2 rings (SSSR count). The summed E-state index contributed by atoms with van der Waals surface area (Å²) in [4.78, 5) is 8.56. The first kappa shape index (κ1) is 21.2. The summed E-state index contributed by atoms with van der Waals surface area (Å²) >= 11 is 7.65. The molecule has 0 aliphatic carbocycles. The largest absolute Gasteiger partial charge is 0.254 e. The second-order valence-electron chi connectivity index (χ2n) is 6.62. The molecule has 1 aromatic heterocycles. The fraction of sp³-hybridized carbons (Fsp3) is 0.412. The van der Waals surface area contributed by atoms with Gasteiger partial charge in [0.05, 0.1) is 33.7 Å². The van der Waals surface area contributed by atoms with Crippen molar-refractivity contribution >= 4 is 34.3 Å². The van der Waals surface area contributed by atoms with Gasteiger partial charge in [-0.05, 0) is 51.1 Å². The third-order valence-electron chi connectivity index (χ3n) is 3.44. The summed E-state index contributed by atoms with van der Waals surface area (Å²) in [7, 11) is -1.44. The van der Waals surface area contributed by atoms with Gasteiger partial charge in [-0.2, -0.15) is 0 Å². The summed E-state index contributed by atoms with van der Waals surface area (Å²) < 4.78 is 42.1. The molecule has 0 radical (unpaired) electrons. The highest BCUT2D eigenvalue weighted by molar-refractivity contribution is 7.98. The van der Waals surface area contributed by atoms with E-state index in [4.69, 9.17) is 11.6 Å². The molecule has 0 saturated carbocycles. The molecule has 1 aromatic carbocycles. The van der Waals surface area contributed by atoms with Gasteiger partial charge in [0.25, 0.3) is 0 Å². The normalized spacial score (nSPS) is 14.3. The van der Waals surface area contributed by atoms with Crippen molar-refractivity contribution in [3.63, 3.8) is 0 Å². The Morgan fingerprint density at radius 2 is 1.88 bits per heavy atom. The Kier molecular flexibility index (Phi) is 7.12. The number of benzene rings is 1. The number of thioether (sulfide) groups is 1. The van der Waals surface area contributed by atoms with Crippen LogP contribution in [-0.2, 0) is 17.4 Å². The summed E-state index contributed by atoms with van der Waals surface area (Å²) in [5.74, 6) is -1.35. The fourth-order valence-electron chi connectivity index (χ4n) is 2.16. The SMILES string of the molecule is CSc1cnc([C@H](Cc2cc(F)cc(F)c2)NS(=O)C(C)(C)C)c(Cl)n1. The number of halogens is 3. The first-order valence-electron chi connectivity index (χ1n) is 7.79. The first-order valence-corrected chi connectivity index (χ1v) is 10.5. The minimum absolute atomic E-state index is 0.156. The molecule has 0 spiro atoms. The molecule has 1 unspecified atom stereocenters. The molecule has 26 heavy (non-hydrogen) atoms. The predicted molar refractivity (Wildman–Crippen MR) is 103 cm³/mol. The van der Waals surface area contributed by atoms with E-state index in [-0.39, 0.29) is 11.6 Å². The maximum atomic E-state index is 13.5. The number of aromatic nitrogens is 2. The molecular weight excluding hydrogens is 400 g/mol. The molecular formula is C17H20ClF2N3OS2. The van der Waals surface area contributed by atoms with Gasteiger partial charge in [0.15, 0.2) is 5.15 Å². The van der Waals surface area contributed by atoms with Gasteiger partial charge in [0.2, 0.25) is 0 Å². The zero-order valence-electron chi connectivity index (χ0n) is 14.8. The van der Waals surface area contributed by atoms with Gasteiger partial charge in [-0.25, -0.2) is 22.7 Å². The van der Waals surface area contributed by atoms with E-state index in [9.17, 15) is 13.0 Å². The minimum Gasteiger partial charge on any atom is -0.254 e. The molecule has 1 heterocycles. The van der Waals surface area contributed by atoms with Crippen molar-refractivity contribution in [2.45, 2.75) is 43.0 Å². The van der Waals surface area contributed by atoms with Crippen LogP contribution >= 0.6 is 23.4 Å². The first-order chi connectivity index (χ1) is 12.1. The molecule has 9 heteroatoms. The molecule has 1 N–H and O–H groups in total. The lowest BCUT2D eigenvalue weighted by molar-refractivity contribution is 0.564. The predicted octanol–water partition coefficient (Wildman–Crippen LogP) is 4.47. The lowest BCUT2D eigenvalue weighted by Gasteiger charge is -2.24. The van der Waals surface area contributed by atoms with Gasteiger partial charge in [0, 0.05) is 6.07 Å². The minimum atomic E-state index is -1.44. The van der Waals surface area contributed by atoms with Gasteiger partial charge in [-0.3, -0.25) is 4.98 Å². The summed E-state index contributed by atoms with van der Waals surface area (Å²) in [5, 5.41) is 0.809. The Hall–Kier alpha value is -1.09. The van der Waals surface area contributed by atoms with Crippen molar-refractivity contribution in [3.05, 3.63) is 52.4 Å². The molecule has 142 valence electrons. The van der Waals surface area contributed by atoms with E-state index in [1.165, 1.54) is 23.9 Å². The Morgan fingerprint density at radius 1 is 1.27 bits per heavy atom.